The zero-order chi connectivity index (χ0) is 13.1. The fourth-order valence-corrected chi connectivity index (χ4v) is 3.34. The Hall–Kier alpha value is -0.830. The number of nitrogens with one attached hydrogen (secondary N) is 1. The van der Waals surface area contributed by atoms with Gasteiger partial charge in [-0.15, -0.1) is 0 Å². The lowest BCUT2D eigenvalue weighted by atomic mass is 9.90. The quantitative estimate of drug-likeness (QED) is 0.868. The Balaban J connectivity index is 2.26. The summed E-state index contributed by atoms with van der Waals surface area (Å²) < 4.78 is 2.03. The number of rotatable bonds is 5. The van der Waals surface area contributed by atoms with E-state index in [1.165, 1.54) is 49.1 Å². The minimum absolute atomic E-state index is 0.515. The second-order valence-electron chi connectivity index (χ2n) is 5.68. The van der Waals surface area contributed by atoms with Gasteiger partial charge >= 0.3 is 0 Å². The minimum atomic E-state index is 0.515. The zero-order valence-electron chi connectivity index (χ0n) is 12.3. The minimum Gasteiger partial charge on any atom is -0.310 e. The first kappa shape index (κ1) is 13.6. The third-order valence-electron chi connectivity index (χ3n) is 4.36. The van der Waals surface area contributed by atoms with Gasteiger partial charge in [-0.2, -0.15) is 5.10 Å². The van der Waals surface area contributed by atoms with Crippen molar-refractivity contribution < 1.29 is 0 Å². The van der Waals surface area contributed by atoms with Crippen LogP contribution in [0.5, 0.6) is 0 Å². The van der Waals surface area contributed by atoms with E-state index < -0.39 is 0 Å². The van der Waals surface area contributed by atoms with E-state index in [9.17, 15) is 0 Å². The van der Waals surface area contributed by atoms with Gasteiger partial charge in [0.05, 0.1) is 5.69 Å². The molecule has 0 spiro atoms. The standard InChI is InChI=1S/C15H27N3/c1-5-10-16-15(13-8-6-7-9-13)14-11(2)17-18(4)12(14)3/h13,15-16H,5-10H2,1-4H3. The molecule has 18 heavy (non-hydrogen) atoms. The summed E-state index contributed by atoms with van der Waals surface area (Å²) in [6.07, 6.45) is 6.73. The van der Waals surface area contributed by atoms with Crippen molar-refractivity contribution in [3.63, 3.8) is 0 Å². The molecule has 0 bridgehead atoms. The van der Waals surface area contributed by atoms with E-state index in [1.807, 2.05) is 4.68 Å². The highest BCUT2D eigenvalue weighted by atomic mass is 15.3. The fourth-order valence-electron chi connectivity index (χ4n) is 3.34. The van der Waals surface area contributed by atoms with E-state index in [0.29, 0.717) is 6.04 Å². The molecular formula is C15H27N3. The van der Waals surface area contributed by atoms with Crippen molar-refractivity contribution in [3.8, 4) is 0 Å². The van der Waals surface area contributed by atoms with Crippen LogP contribution in [-0.2, 0) is 7.05 Å². The average Bonchev–Trinajstić information content (AvgIpc) is 2.93. The van der Waals surface area contributed by atoms with Gasteiger partial charge in [0.1, 0.15) is 0 Å². The third-order valence-corrected chi connectivity index (χ3v) is 4.36. The summed E-state index contributed by atoms with van der Waals surface area (Å²) in [7, 11) is 2.05. The molecule has 2 rings (SSSR count). The predicted molar refractivity (Wildman–Crippen MR) is 75.7 cm³/mol. The Kier molecular flexibility index (Phi) is 4.44. The van der Waals surface area contributed by atoms with Crippen LogP contribution in [-0.4, -0.2) is 16.3 Å². The molecule has 1 heterocycles. The van der Waals surface area contributed by atoms with E-state index in [0.717, 1.165) is 12.5 Å². The van der Waals surface area contributed by atoms with Crippen molar-refractivity contribution in [3.05, 3.63) is 17.0 Å². The van der Waals surface area contributed by atoms with Crippen LogP contribution < -0.4 is 5.32 Å². The maximum Gasteiger partial charge on any atom is 0.0644 e. The fraction of sp³-hybridized carbons (Fsp3) is 0.800. The Morgan fingerprint density at radius 1 is 1.33 bits per heavy atom. The predicted octanol–water partition coefficient (Wildman–Crippen LogP) is 3.27. The number of nitrogens with zero attached hydrogens (tertiary/aromatic N) is 2. The third kappa shape index (κ3) is 2.61. The molecule has 0 saturated heterocycles. The lowest BCUT2D eigenvalue weighted by Crippen LogP contribution is -2.28. The van der Waals surface area contributed by atoms with Crippen molar-refractivity contribution in [1.82, 2.24) is 15.1 Å². The Morgan fingerprint density at radius 3 is 2.50 bits per heavy atom. The molecular weight excluding hydrogens is 222 g/mol. The summed E-state index contributed by atoms with van der Waals surface area (Å²) in [6, 6.07) is 0.515. The van der Waals surface area contributed by atoms with Crippen molar-refractivity contribution in [2.45, 2.75) is 58.9 Å². The molecule has 1 aliphatic carbocycles. The largest absolute Gasteiger partial charge is 0.310 e. The molecule has 0 aliphatic heterocycles. The molecule has 0 radical (unpaired) electrons. The maximum absolute atomic E-state index is 4.59. The topological polar surface area (TPSA) is 29.9 Å². The molecule has 3 nitrogen and oxygen atoms in total. The van der Waals surface area contributed by atoms with Crippen molar-refractivity contribution in [2.24, 2.45) is 13.0 Å². The molecule has 1 N–H and O–H groups in total. The Bertz CT molecular complexity index is 389. The normalized spacial score (nSPS) is 18.4. The van der Waals surface area contributed by atoms with Crippen molar-refractivity contribution >= 4 is 0 Å². The van der Waals surface area contributed by atoms with Crippen LogP contribution in [0.2, 0.25) is 0 Å². The molecule has 1 fully saturated rings. The van der Waals surface area contributed by atoms with Gasteiger partial charge in [-0.3, -0.25) is 4.68 Å². The van der Waals surface area contributed by atoms with Crippen LogP contribution in [0.4, 0.5) is 0 Å². The highest BCUT2D eigenvalue weighted by molar-refractivity contribution is 5.29. The number of aryl methyl sites for hydroxylation is 2. The van der Waals surface area contributed by atoms with Crippen LogP contribution in [0.3, 0.4) is 0 Å². The summed E-state index contributed by atoms with van der Waals surface area (Å²) in [5, 5.41) is 8.36. The van der Waals surface area contributed by atoms with E-state index in [1.54, 1.807) is 0 Å². The summed E-state index contributed by atoms with van der Waals surface area (Å²) in [6.45, 7) is 7.69. The number of hydrogen-bond donors (Lipinski definition) is 1. The molecule has 0 aromatic carbocycles. The van der Waals surface area contributed by atoms with Gasteiger partial charge in [0.25, 0.3) is 0 Å². The molecule has 0 amide bonds. The van der Waals surface area contributed by atoms with Crippen LogP contribution in [0.1, 0.15) is 62.0 Å². The highest BCUT2D eigenvalue weighted by Gasteiger charge is 2.29. The SMILES string of the molecule is CCCNC(c1c(C)nn(C)c1C)C1CCCC1. The molecule has 1 atom stereocenters. The van der Waals surface area contributed by atoms with Gasteiger partial charge in [-0.05, 0) is 45.6 Å². The lowest BCUT2D eigenvalue weighted by molar-refractivity contribution is 0.365. The number of aromatic nitrogens is 2. The van der Waals surface area contributed by atoms with Gasteiger partial charge in [0.15, 0.2) is 0 Å². The first-order valence-electron chi connectivity index (χ1n) is 7.38. The van der Waals surface area contributed by atoms with Crippen LogP contribution in [0, 0.1) is 19.8 Å². The molecule has 3 heteroatoms. The number of hydrogen-bond acceptors (Lipinski definition) is 2. The summed E-state index contributed by atoms with van der Waals surface area (Å²) in [4.78, 5) is 0. The first-order valence-corrected chi connectivity index (χ1v) is 7.38. The van der Waals surface area contributed by atoms with E-state index in [4.69, 9.17) is 0 Å². The van der Waals surface area contributed by atoms with E-state index in [2.05, 4.69) is 38.2 Å². The van der Waals surface area contributed by atoms with Gasteiger partial charge in [-0.25, -0.2) is 0 Å². The maximum atomic E-state index is 4.59. The zero-order valence-corrected chi connectivity index (χ0v) is 12.3. The van der Waals surface area contributed by atoms with Crippen molar-refractivity contribution in [2.75, 3.05) is 6.54 Å². The summed E-state index contributed by atoms with van der Waals surface area (Å²) in [5.74, 6) is 0.804. The molecule has 1 unspecified atom stereocenters. The second kappa shape index (κ2) is 5.87. The summed E-state index contributed by atoms with van der Waals surface area (Å²) in [5.41, 5.74) is 3.99. The first-order chi connectivity index (χ1) is 8.65. The van der Waals surface area contributed by atoms with Crippen LogP contribution in [0.25, 0.3) is 0 Å². The Labute approximate surface area is 111 Å². The van der Waals surface area contributed by atoms with Crippen molar-refractivity contribution in [1.29, 1.82) is 0 Å². The molecule has 1 aliphatic rings. The summed E-state index contributed by atoms with van der Waals surface area (Å²) >= 11 is 0. The highest BCUT2D eigenvalue weighted by Crippen LogP contribution is 2.37. The lowest BCUT2D eigenvalue weighted by Gasteiger charge is -2.25. The smallest absolute Gasteiger partial charge is 0.0644 e. The Morgan fingerprint density at radius 2 is 2.00 bits per heavy atom. The van der Waals surface area contributed by atoms with E-state index >= 15 is 0 Å². The molecule has 1 aromatic heterocycles. The molecule has 102 valence electrons. The molecule has 1 saturated carbocycles. The van der Waals surface area contributed by atoms with Gasteiger partial charge in [0, 0.05) is 24.3 Å². The van der Waals surface area contributed by atoms with E-state index in [-0.39, 0.29) is 0 Å². The second-order valence-corrected chi connectivity index (χ2v) is 5.68. The van der Waals surface area contributed by atoms with Gasteiger partial charge < -0.3 is 5.32 Å². The molecule has 1 aromatic rings. The van der Waals surface area contributed by atoms with Crippen LogP contribution in [0.15, 0.2) is 0 Å². The monoisotopic (exact) mass is 249 g/mol. The van der Waals surface area contributed by atoms with Crippen LogP contribution >= 0.6 is 0 Å². The van der Waals surface area contributed by atoms with Gasteiger partial charge in [-0.1, -0.05) is 19.8 Å². The average molecular weight is 249 g/mol. The van der Waals surface area contributed by atoms with Gasteiger partial charge in [0.2, 0.25) is 0 Å².